The van der Waals surface area contributed by atoms with Crippen molar-refractivity contribution in [3.8, 4) is 5.75 Å². The van der Waals surface area contributed by atoms with Crippen LogP contribution in [0.25, 0.3) is 0 Å². The van der Waals surface area contributed by atoms with Crippen molar-refractivity contribution >= 4 is 23.6 Å². The van der Waals surface area contributed by atoms with Crippen LogP contribution in [0.15, 0.2) is 54.6 Å². The van der Waals surface area contributed by atoms with Crippen molar-refractivity contribution in [3.05, 3.63) is 65.7 Å². The zero-order chi connectivity index (χ0) is 30.1. The van der Waals surface area contributed by atoms with Gasteiger partial charge in [-0.2, -0.15) is 0 Å². The summed E-state index contributed by atoms with van der Waals surface area (Å²) in [5.41, 5.74) is 0.572. The Labute approximate surface area is 247 Å². The van der Waals surface area contributed by atoms with E-state index in [0.717, 1.165) is 11.1 Å². The molecule has 4 amide bonds. The minimum Gasteiger partial charge on any atom is -0.489 e. The number of nitrogens with one attached hydrogen (secondary N) is 3. The molecule has 4 atom stereocenters. The number of unbranched alkanes of at least 4 members (excludes halogenated alkanes) is 1. The van der Waals surface area contributed by atoms with Crippen LogP contribution in [0.1, 0.15) is 63.5 Å². The first-order chi connectivity index (χ1) is 20.2. The number of benzene rings is 2. The number of hydrogen-bond donors (Lipinski definition) is 4. The summed E-state index contributed by atoms with van der Waals surface area (Å²) in [4.78, 5) is 55.8. The Balaban J connectivity index is 1.55. The highest BCUT2D eigenvalue weighted by atomic mass is 16.5. The molecule has 4 N–H and O–H groups in total. The SMILES string of the molecule is CC[C@]1(C)NC(=O)[C@H](CCCCO)NC(=O)[C@H]2CCCN2C(=O)C(Cc2ccc(OCc3ccccc3)cc2)NC1=O. The molecule has 10 heteroatoms. The van der Waals surface area contributed by atoms with E-state index in [-0.39, 0.29) is 31.3 Å². The summed E-state index contributed by atoms with van der Waals surface area (Å²) in [5, 5.41) is 17.8. The van der Waals surface area contributed by atoms with Crippen LogP contribution < -0.4 is 20.7 Å². The van der Waals surface area contributed by atoms with Crippen molar-refractivity contribution in [3.63, 3.8) is 0 Å². The number of aliphatic hydroxyl groups is 1. The zero-order valence-electron chi connectivity index (χ0n) is 24.4. The van der Waals surface area contributed by atoms with Crippen LogP contribution in [0.4, 0.5) is 0 Å². The van der Waals surface area contributed by atoms with Crippen molar-refractivity contribution in [2.45, 2.75) is 89.1 Å². The monoisotopic (exact) mass is 578 g/mol. The Morgan fingerprint density at radius 3 is 2.36 bits per heavy atom. The number of amides is 4. The van der Waals surface area contributed by atoms with Crippen molar-refractivity contribution in [2.75, 3.05) is 13.2 Å². The minimum atomic E-state index is -1.30. The number of fused-ring (bicyclic) bond motifs is 1. The van der Waals surface area contributed by atoms with Crippen LogP contribution in [-0.2, 0) is 32.2 Å². The number of carbonyl (C=O) groups is 4. The molecule has 2 aliphatic heterocycles. The predicted molar refractivity (Wildman–Crippen MR) is 157 cm³/mol. The maximum Gasteiger partial charge on any atom is 0.246 e. The molecule has 2 saturated heterocycles. The van der Waals surface area contributed by atoms with E-state index in [1.807, 2.05) is 54.6 Å². The second kappa shape index (κ2) is 14.3. The smallest absolute Gasteiger partial charge is 0.246 e. The average molecular weight is 579 g/mol. The molecule has 0 aromatic heterocycles. The van der Waals surface area contributed by atoms with E-state index >= 15 is 0 Å². The summed E-state index contributed by atoms with van der Waals surface area (Å²) in [6, 6.07) is 14.7. The van der Waals surface area contributed by atoms with E-state index in [1.54, 1.807) is 13.8 Å². The summed E-state index contributed by atoms with van der Waals surface area (Å²) in [6.07, 6.45) is 2.94. The Hall–Kier alpha value is -3.92. The molecule has 2 aromatic rings. The van der Waals surface area contributed by atoms with Gasteiger partial charge in [0.1, 0.15) is 36.0 Å². The van der Waals surface area contributed by atoms with E-state index in [4.69, 9.17) is 4.74 Å². The molecule has 0 saturated carbocycles. The van der Waals surface area contributed by atoms with Gasteiger partial charge in [0.05, 0.1) is 0 Å². The zero-order valence-corrected chi connectivity index (χ0v) is 24.4. The molecule has 0 aliphatic carbocycles. The highest BCUT2D eigenvalue weighted by Gasteiger charge is 2.43. The van der Waals surface area contributed by atoms with Crippen molar-refractivity contribution in [1.29, 1.82) is 0 Å². The lowest BCUT2D eigenvalue weighted by atomic mass is 9.94. The van der Waals surface area contributed by atoms with Crippen molar-refractivity contribution in [2.24, 2.45) is 0 Å². The fraction of sp³-hybridized carbons (Fsp3) is 0.500. The fourth-order valence-corrected chi connectivity index (χ4v) is 5.38. The molecule has 10 nitrogen and oxygen atoms in total. The van der Waals surface area contributed by atoms with E-state index < -0.39 is 35.5 Å². The van der Waals surface area contributed by atoms with Crippen LogP contribution in [0.5, 0.6) is 5.75 Å². The fourth-order valence-electron chi connectivity index (χ4n) is 5.38. The van der Waals surface area contributed by atoms with Crippen molar-refractivity contribution < 1.29 is 29.0 Å². The third-order valence-electron chi connectivity index (χ3n) is 8.19. The number of ether oxygens (including phenoxy) is 1. The maximum atomic E-state index is 13.9. The average Bonchev–Trinajstić information content (AvgIpc) is 3.50. The first-order valence-electron chi connectivity index (χ1n) is 14.8. The van der Waals surface area contributed by atoms with Gasteiger partial charge in [0.2, 0.25) is 23.6 Å². The Kier molecular flexibility index (Phi) is 10.6. The van der Waals surface area contributed by atoms with Gasteiger partial charge in [-0.3, -0.25) is 19.2 Å². The summed E-state index contributed by atoms with van der Waals surface area (Å²) in [6.45, 7) is 4.21. The lowest BCUT2D eigenvalue weighted by molar-refractivity contribution is -0.144. The molecule has 42 heavy (non-hydrogen) atoms. The van der Waals surface area contributed by atoms with Gasteiger partial charge in [0, 0.05) is 19.6 Å². The quantitative estimate of drug-likeness (QED) is 0.319. The number of aliphatic hydroxyl groups excluding tert-OH is 1. The second-order valence-corrected chi connectivity index (χ2v) is 11.3. The van der Waals surface area contributed by atoms with Crippen LogP contribution in [0.2, 0.25) is 0 Å². The molecule has 0 spiro atoms. The predicted octanol–water partition coefficient (Wildman–Crippen LogP) is 2.23. The van der Waals surface area contributed by atoms with Gasteiger partial charge in [-0.05, 0) is 68.7 Å². The molecule has 2 aromatic carbocycles. The van der Waals surface area contributed by atoms with Gasteiger partial charge < -0.3 is 30.7 Å². The van der Waals surface area contributed by atoms with E-state index in [2.05, 4.69) is 16.0 Å². The molecular formula is C32H42N4O6. The van der Waals surface area contributed by atoms with Gasteiger partial charge in [-0.1, -0.05) is 49.4 Å². The summed E-state index contributed by atoms with van der Waals surface area (Å²) >= 11 is 0. The Morgan fingerprint density at radius 1 is 0.929 bits per heavy atom. The number of carbonyl (C=O) groups excluding carboxylic acids is 4. The van der Waals surface area contributed by atoms with E-state index in [0.29, 0.717) is 51.0 Å². The molecule has 226 valence electrons. The number of rotatable bonds is 10. The van der Waals surface area contributed by atoms with Gasteiger partial charge in [0.15, 0.2) is 0 Å². The van der Waals surface area contributed by atoms with Gasteiger partial charge in [-0.15, -0.1) is 0 Å². The lowest BCUT2D eigenvalue weighted by Crippen LogP contribution is -2.65. The van der Waals surface area contributed by atoms with Crippen LogP contribution in [0, 0.1) is 0 Å². The molecule has 4 rings (SSSR count). The highest BCUT2D eigenvalue weighted by Crippen LogP contribution is 2.23. The first-order valence-corrected chi connectivity index (χ1v) is 14.8. The van der Waals surface area contributed by atoms with Crippen LogP contribution >= 0.6 is 0 Å². The molecule has 0 radical (unpaired) electrons. The largest absolute Gasteiger partial charge is 0.489 e. The summed E-state index contributed by atoms with van der Waals surface area (Å²) < 4.78 is 5.89. The van der Waals surface area contributed by atoms with E-state index in [9.17, 15) is 24.3 Å². The summed E-state index contributed by atoms with van der Waals surface area (Å²) in [5.74, 6) is -0.944. The number of nitrogens with zero attached hydrogens (tertiary/aromatic N) is 1. The van der Waals surface area contributed by atoms with Gasteiger partial charge in [-0.25, -0.2) is 0 Å². The Morgan fingerprint density at radius 2 is 1.67 bits per heavy atom. The second-order valence-electron chi connectivity index (χ2n) is 11.3. The van der Waals surface area contributed by atoms with E-state index in [1.165, 1.54) is 4.90 Å². The first kappa shape index (κ1) is 31.0. The molecule has 2 aliphatic rings. The molecular weight excluding hydrogens is 536 g/mol. The lowest BCUT2D eigenvalue weighted by Gasteiger charge is -2.36. The standard InChI is InChI=1S/C32H42N4O6/c1-3-32(2)31(41)34-26(20-22-14-16-24(17-15-22)42-21-23-10-5-4-6-11-23)30(40)36-18-9-13-27(36)29(39)33-25(28(38)35-32)12-7-8-19-37/h4-6,10-11,14-17,25-27,37H,3,7-9,12-13,18-21H2,1-2H3,(H,33,39)(H,34,41)(H,35,38)/t25-,26?,27+,32-/m0/s1. The third-order valence-corrected chi connectivity index (χ3v) is 8.19. The minimum absolute atomic E-state index is 0.0207. The molecule has 1 unspecified atom stereocenters. The Bertz CT molecular complexity index is 1240. The van der Waals surface area contributed by atoms with Crippen LogP contribution in [-0.4, -0.2) is 70.5 Å². The highest BCUT2D eigenvalue weighted by molar-refractivity contribution is 5.99. The summed E-state index contributed by atoms with van der Waals surface area (Å²) in [7, 11) is 0. The molecule has 2 fully saturated rings. The maximum absolute atomic E-state index is 13.9. The van der Waals surface area contributed by atoms with Gasteiger partial charge in [0.25, 0.3) is 0 Å². The van der Waals surface area contributed by atoms with Crippen molar-refractivity contribution in [1.82, 2.24) is 20.9 Å². The molecule has 2 heterocycles. The molecule has 0 bridgehead atoms. The van der Waals surface area contributed by atoms with Gasteiger partial charge >= 0.3 is 0 Å². The number of hydrogen-bond acceptors (Lipinski definition) is 6. The topological polar surface area (TPSA) is 137 Å². The van der Waals surface area contributed by atoms with Crippen LogP contribution in [0.3, 0.4) is 0 Å². The third kappa shape index (κ3) is 7.67. The normalized spacial score (nSPS) is 25.0.